The average molecular weight is 235 g/mol. The van der Waals surface area contributed by atoms with Gasteiger partial charge in [0.2, 0.25) is 0 Å². The first-order valence-corrected chi connectivity index (χ1v) is 5.71. The highest BCUT2D eigenvalue weighted by molar-refractivity contribution is 8.13. The Bertz CT molecular complexity index is 641. The molecule has 0 aromatic carbocycles. The van der Waals surface area contributed by atoms with E-state index in [-0.39, 0.29) is 16.1 Å². The standard InChI is InChI=1S/C6H3ClN2O4S/c7-14(11,12)3-1-4-5(8-2-3)9-6(10)13-4/h1-2H,(H,8,9,10). The van der Waals surface area contributed by atoms with Crippen molar-refractivity contribution in [2.75, 3.05) is 0 Å². The Balaban J connectivity index is 2.80. The van der Waals surface area contributed by atoms with Crippen LogP contribution in [0.2, 0.25) is 0 Å². The molecule has 2 rings (SSSR count). The number of hydrogen-bond donors (Lipinski definition) is 1. The van der Waals surface area contributed by atoms with Crippen molar-refractivity contribution in [1.82, 2.24) is 9.97 Å². The van der Waals surface area contributed by atoms with E-state index in [2.05, 4.69) is 14.4 Å². The van der Waals surface area contributed by atoms with Crippen molar-refractivity contribution < 1.29 is 12.8 Å². The molecule has 0 atom stereocenters. The number of hydrogen-bond acceptors (Lipinski definition) is 5. The van der Waals surface area contributed by atoms with Crippen molar-refractivity contribution in [3.63, 3.8) is 0 Å². The Morgan fingerprint density at radius 1 is 1.50 bits per heavy atom. The molecule has 0 radical (unpaired) electrons. The average Bonchev–Trinajstić information content (AvgIpc) is 2.41. The molecule has 0 amide bonds. The molecule has 0 bridgehead atoms. The van der Waals surface area contributed by atoms with Crippen LogP contribution in [0.3, 0.4) is 0 Å². The van der Waals surface area contributed by atoms with E-state index in [1.165, 1.54) is 0 Å². The Morgan fingerprint density at radius 3 is 2.86 bits per heavy atom. The lowest BCUT2D eigenvalue weighted by molar-refractivity contribution is 0.554. The number of aromatic amines is 1. The minimum absolute atomic E-state index is 0.0525. The van der Waals surface area contributed by atoms with Gasteiger partial charge in [0.05, 0.1) is 0 Å². The molecule has 2 aromatic rings. The van der Waals surface area contributed by atoms with Crippen LogP contribution < -0.4 is 5.76 Å². The zero-order valence-electron chi connectivity index (χ0n) is 6.52. The minimum atomic E-state index is -3.85. The van der Waals surface area contributed by atoms with Crippen molar-refractivity contribution in [2.24, 2.45) is 0 Å². The molecule has 6 nitrogen and oxygen atoms in total. The van der Waals surface area contributed by atoms with Gasteiger partial charge < -0.3 is 4.42 Å². The molecular weight excluding hydrogens is 232 g/mol. The van der Waals surface area contributed by atoms with Crippen LogP contribution in [0.15, 0.2) is 26.4 Å². The number of rotatable bonds is 1. The fourth-order valence-corrected chi connectivity index (χ4v) is 1.63. The smallest absolute Gasteiger partial charge is 0.406 e. The van der Waals surface area contributed by atoms with E-state index in [0.717, 1.165) is 12.3 Å². The van der Waals surface area contributed by atoms with Gasteiger partial charge in [-0.2, -0.15) is 0 Å². The molecule has 0 spiro atoms. The summed E-state index contributed by atoms with van der Waals surface area (Å²) in [5.74, 6) is -0.698. The third kappa shape index (κ3) is 1.51. The van der Waals surface area contributed by atoms with Gasteiger partial charge in [-0.15, -0.1) is 0 Å². The maximum Gasteiger partial charge on any atom is 0.418 e. The molecule has 2 heterocycles. The molecule has 0 saturated carbocycles. The summed E-state index contributed by atoms with van der Waals surface area (Å²) in [6.45, 7) is 0. The Kier molecular flexibility index (Phi) is 1.86. The molecular formula is C6H3ClN2O4S. The van der Waals surface area contributed by atoms with Gasteiger partial charge in [0.25, 0.3) is 9.05 Å². The van der Waals surface area contributed by atoms with Crippen LogP contribution in [0.5, 0.6) is 0 Å². The van der Waals surface area contributed by atoms with E-state index >= 15 is 0 Å². The molecule has 8 heteroatoms. The van der Waals surface area contributed by atoms with Gasteiger partial charge in [-0.25, -0.2) is 18.2 Å². The van der Waals surface area contributed by atoms with Gasteiger partial charge in [0.1, 0.15) is 4.90 Å². The van der Waals surface area contributed by atoms with E-state index in [4.69, 9.17) is 10.7 Å². The van der Waals surface area contributed by atoms with E-state index in [0.29, 0.717) is 0 Å². The largest absolute Gasteiger partial charge is 0.418 e. The summed E-state index contributed by atoms with van der Waals surface area (Å²) in [6.07, 6.45) is 1.04. The summed E-state index contributed by atoms with van der Waals surface area (Å²) < 4.78 is 26.4. The van der Waals surface area contributed by atoms with Crippen LogP contribution in [0.4, 0.5) is 0 Å². The topological polar surface area (TPSA) is 93.0 Å². The normalized spacial score (nSPS) is 12.1. The van der Waals surface area contributed by atoms with Crippen LogP contribution in [-0.2, 0) is 9.05 Å². The quantitative estimate of drug-likeness (QED) is 0.723. The van der Waals surface area contributed by atoms with Crippen molar-refractivity contribution in [3.05, 3.63) is 22.8 Å². The van der Waals surface area contributed by atoms with Gasteiger partial charge in [-0.05, 0) is 0 Å². The fraction of sp³-hybridized carbons (Fsp3) is 0. The summed E-state index contributed by atoms with van der Waals surface area (Å²) in [7, 11) is 1.22. The molecule has 14 heavy (non-hydrogen) atoms. The summed E-state index contributed by atoms with van der Waals surface area (Å²) >= 11 is 0. The number of nitrogens with zero attached hydrogens (tertiary/aromatic N) is 1. The third-order valence-electron chi connectivity index (χ3n) is 1.53. The van der Waals surface area contributed by atoms with Crippen LogP contribution in [0.25, 0.3) is 11.2 Å². The highest BCUT2D eigenvalue weighted by Crippen LogP contribution is 2.17. The lowest BCUT2D eigenvalue weighted by Gasteiger charge is -1.92. The number of fused-ring (bicyclic) bond motifs is 1. The van der Waals surface area contributed by atoms with Gasteiger partial charge >= 0.3 is 5.76 Å². The third-order valence-corrected chi connectivity index (χ3v) is 2.85. The zero-order valence-corrected chi connectivity index (χ0v) is 8.09. The molecule has 0 aliphatic carbocycles. The number of aromatic nitrogens is 2. The summed E-state index contributed by atoms with van der Waals surface area (Å²) in [5.41, 5.74) is 0.232. The second kappa shape index (κ2) is 2.82. The number of H-pyrrole nitrogens is 1. The van der Waals surface area contributed by atoms with E-state index in [9.17, 15) is 13.2 Å². The second-order valence-corrected chi connectivity index (χ2v) is 5.04. The highest BCUT2D eigenvalue weighted by Gasteiger charge is 2.13. The molecule has 0 unspecified atom stereocenters. The SMILES string of the molecule is O=c1[nH]c2ncc(S(=O)(=O)Cl)cc2o1. The predicted octanol–water partition coefficient (Wildman–Crippen LogP) is 0.444. The van der Waals surface area contributed by atoms with Gasteiger partial charge in [0, 0.05) is 22.9 Å². The van der Waals surface area contributed by atoms with Crippen molar-refractivity contribution in [2.45, 2.75) is 4.90 Å². The highest BCUT2D eigenvalue weighted by atomic mass is 35.7. The van der Waals surface area contributed by atoms with Crippen molar-refractivity contribution in [1.29, 1.82) is 0 Å². The van der Waals surface area contributed by atoms with Crippen LogP contribution in [0, 0.1) is 0 Å². The Morgan fingerprint density at radius 2 is 2.21 bits per heavy atom. The molecule has 0 fully saturated rings. The van der Waals surface area contributed by atoms with Crippen LogP contribution in [-0.4, -0.2) is 18.4 Å². The molecule has 2 aromatic heterocycles. The first-order chi connectivity index (χ1) is 6.47. The summed E-state index contributed by atoms with van der Waals surface area (Å²) in [4.78, 5) is 16.4. The fourth-order valence-electron chi connectivity index (χ4n) is 0.954. The lowest BCUT2D eigenvalue weighted by Crippen LogP contribution is -1.93. The second-order valence-electron chi connectivity index (χ2n) is 2.47. The predicted molar refractivity (Wildman–Crippen MR) is 47.7 cm³/mol. The maximum atomic E-state index is 10.9. The number of halogens is 1. The van der Waals surface area contributed by atoms with Gasteiger partial charge in [-0.3, -0.25) is 4.98 Å². The Labute approximate surface area is 81.9 Å². The Hall–Kier alpha value is -1.34. The molecule has 74 valence electrons. The van der Waals surface area contributed by atoms with E-state index < -0.39 is 14.8 Å². The number of nitrogens with one attached hydrogen (secondary N) is 1. The number of oxazole rings is 1. The number of pyridine rings is 1. The van der Waals surface area contributed by atoms with Crippen molar-refractivity contribution >= 4 is 31.0 Å². The van der Waals surface area contributed by atoms with Gasteiger partial charge in [0.15, 0.2) is 11.2 Å². The maximum absolute atomic E-state index is 10.9. The van der Waals surface area contributed by atoms with Gasteiger partial charge in [-0.1, -0.05) is 0 Å². The summed E-state index contributed by atoms with van der Waals surface area (Å²) in [5, 5.41) is 0. The lowest BCUT2D eigenvalue weighted by atomic mass is 10.5. The summed E-state index contributed by atoms with van der Waals surface area (Å²) in [6, 6.07) is 1.13. The molecule has 0 aliphatic rings. The van der Waals surface area contributed by atoms with Crippen LogP contribution in [0.1, 0.15) is 0 Å². The monoisotopic (exact) mass is 234 g/mol. The zero-order chi connectivity index (χ0) is 10.3. The van der Waals surface area contributed by atoms with E-state index in [1.807, 2.05) is 0 Å². The van der Waals surface area contributed by atoms with E-state index in [1.54, 1.807) is 0 Å². The van der Waals surface area contributed by atoms with Crippen LogP contribution >= 0.6 is 10.7 Å². The first-order valence-electron chi connectivity index (χ1n) is 3.40. The molecule has 0 saturated heterocycles. The molecule has 1 N–H and O–H groups in total. The first kappa shape index (κ1) is 9.22. The van der Waals surface area contributed by atoms with Crippen molar-refractivity contribution in [3.8, 4) is 0 Å². The minimum Gasteiger partial charge on any atom is -0.406 e. The molecule has 0 aliphatic heterocycles.